The molecule has 0 fully saturated rings. The van der Waals surface area contributed by atoms with E-state index in [-0.39, 0.29) is 11.6 Å². The molecule has 0 aliphatic heterocycles. The van der Waals surface area contributed by atoms with E-state index < -0.39 is 17.1 Å². The zero-order chi connectivity index (χ0) is 37.9. The van der Waals surface area contributed by atoms with Gasteiger partial charge in [-0.15, -0.1) is 23.1 Å². The third kappa shape index (κ3) is 10.1. The van der Waals surface area contributed by atoms with Gasteiger partial charge in [-0.05, 0) is 96.3 Å². The minimum Gasteiger partial charge on any atom is -0.494 e. The molecule has 6 aromatic rings. The molecule has 1 heterocycles. The van der Waals surface area contributed by atoms with Gasteiger partial charge in [0.15, 0.2) is 5.13 Å². The summed E-state index contributed by atoms with van der Waals surface area (Å²) < 4.78 is 5.55. The molecule has 1 atom stereocenters. The minimum absolute atomic E-state index is 0.105. The first-order valence-corrected chi connectivity index (χ1v) is 19.3. The first kappa shape index (κ1) is 37.8. The van der Waals surface area contributed by atoms with E-state index in [1.807, 2.05) is 109 Å². The lowest BCUT2D eigenvalue weighted by molar-refractivity contribution is -0.116. The topological polar surface area (TPSA) is 109 Å². The molecule has 6 rings (SSSR count). The smallest absolute Gasteiger partial charge is 0.272 e. The summed E-state index contributed by atoms with van der Waals surface area (Å²) in [5.41, 5.74) is 5.56. The molecule has 0 aliphatic rings. The van der Waals surface area contributed by atoms with Crippen molar-refractivity contribution in [3.63, 3.8) is 0 Å². The average molecular weight is 753 g/mol. The van der Waals surface area contributed by atoms with E-state index >= 15 is 0 Å². The quantitative estimate of drug-likeness (QED) is 0.0755. The summed E-state index contributed by atoms with van der Waals surface area (Å²) in [6.45, 7) is 6.77. The maximum Gasteiger partial charge on any atom is 0.272 e. The zero-order valence-corrected chi connectivity index (χ0v) is 31.7. The Labute approximate surface area is 323 Å². The highest BCUT2D eigenvalue weighted by atomic mass is 32.2. The van der Waals surface area contributed by atoms with Gasteiger partial charge in [-0.3, -0.25) is 14.4 Å². The van der Waals surface area contributed by atoms with Gasteiger partial charge in [0.05, 0.1) is 12.3 Å². The van der Waals surface area contributed by atoms with Crippen LogP contribution in [-0.4, -0.2) is 29.3 Å². The van der Waals surface area contributed by atoms with E-state index in [0.29, 0.717) is 28.9 Å². The maximum atomic E-state index is 13.8. The Kier molecular flexibility index (Phi) is 12.7. The Hall–Kier alpha value is -5.97. The van der Waals surface area contributed by atoms with Crippen molar-refractivity contribution in [3.05, 3.63) is 167 Å². The fraction of sp³-hybridized carbons (Fsp3) is 0.136. The van der Waals surface area contributed by atoms with Crippen LogP contribution in [0.5, 0.6) is 5.75 Å². The van der Waals surface area contributed by atoms with E-state index in [4.69, 9.17) is 4.74 Å². The minimum atomic E-state index is -0.575. The highest BCUT2D eigenvalue weighted by Crippen LogP contribution is 2.37. The van der Waals surface area contributed by atoms with Crippen molar-refractivity contribution in [2.75, 3.05) is 17.2 Å². The second-order valence-electron chi connectivity index (χ2n) is 12.6. The Morgan fingerprint density at radius 1 is 0.778 bits per heavy atom. The average Bonchev–Trinajstić information content (AvgIpc) is 3.66. The van der Waals surface area contributed by atoms with Crippen LogP contribution in [0.3, 0.4) is 0 Å². The lowest BCUT2D eigenvalue weighted by Crippen LogP contribution is -2.30. The number of hydrogen-bond donors (Lipinski definition) is 3. The van der Waals surface area contributed by atoms with Gasteiger partial charge in [0.2, 0.25) is 5.91 Å². The van der Waals surface area contributed by atoms with Crippen LogP contribution < -0.4 is 20.7 Å². The van der Waals surface area contributed by atoms with Gasteiger partial charge >= 0.3 is 0 Å². The predicted molar refractivity (Wildman–Crippen MR) is 220 cm³/mol. The Morgan fingerprint density at radius 2 is 1.44 bits per heavy atom. The predicted octanol–water partition coefficient (Wildman–Crippen LogP) is 10.2. The highest BCUT2D eigenvalue weighted by molar-refractivity contribution is 8.00. The van der Waals surface area contributed by atoms with Crippen LogP contribution in [0.2, 0.25) is 0 Å². The fourth-order valence-corrected chi connectivity index (χ4v) is 7.21. The summed E-state index contributed by atoms with van der Waals surface area (Å²) in [6.07, 6.45) is 1.66. The molecule has 1 aromatic heterocycles. The van der Waals surface area contributed by atoms with Crippen LogP contribution in [0.15, 0.2) is 149 Å². The number of rotatable bonds is 14. The van der Waals surface area contributed by atoms with Gasteiger partial charge in [0, 0.05) is 27.1 Å². The third-order valence-electron chi connectivity index (χ3n) is 8.34. The number of amides is 3. The first-order chi connectivity index (χ1) is 26.2. The Morgan fingerprint density at radius 3 is 2.09 bits per heavy atom. The van der Waals surface area contributed by atoms with Crippen molar-refractivity contribution >= 4 is 57.7 Å². The van der Waals surface area contributed by atoms with Crippen LogP contribution in [0, 0.1) is 0 Å². The monoisotopic (exact) mass is 752 g/mol. The number of ether oxygens (including phenoxy) is 1. The second-order valence-corrected chi connectivity index (χ2v) is 14.6. The van der Waals surface area contributed by atoms with Gasteiger partial charge in [0.1, 0.15) is 16.7 Å². The molecule has 3 N–H and O–H groups in total. The van der Waals surface area contributed by atoms with Crippen molar-refractivity contribution in [1.82, 2.24) is 10.3 Å². The lowest BCUT2D eigenvalue weighted by Gasteiger charge is -2.17. The number of thioether (sulfide) groups is 1. The summed E-state index contributed by atoms with van der Waals surface area (Å²) >= 11 is 2.76. The number of carbonyl (C=O) groups excluding carboxylic acids is 3. The second kappa shape index (κ2) is 18.2. The summed E-state index contributed by atoms with van der Waals surface area (Å²) in [5, 5.41) is 10.6. The summed E-state index contributed by atoms with van der Waals surface area (Å²) in [4.78, 5) is 46.0. The maximum absolute atomic E-state index is 13.8. The van der Waals surface area contributed by atoms with Crippen molar-refractivity contribution < 1.29 is 19.1 Å². The van der Waals surface area contributed by atoms with Gasteiger partial charge in [-0.2, -0.15) is 0 Å². The standard InChI is InChI=1S/C44H40N4O4S2/c1-4-52-36-23-19-32(20-24-36)39-28-53-44(47-39)48-43(51)40(33-11-7-5-8-12-33)54-37-25-21-35(22-26-37)45-42(50)38(46-41(49)34-13-9-6-10-14-34)27-30-15-17-31(18-16-30)29(2)3/h5-29,40H,4H2,1-3H3,(H,45,50)(H,46,49)(H,47,48,51)/b38-27-. The van der Waals surface area contributed by atoms with Gasteiger partial charge in [-0.1, -0.05) is 86.6 Å². The third-order valence-corrected chi connectivity index (χ3v) is 10.4. The zero-order valence-electron chi connectivity index (χ0n) is 30.1. The van der Waals surface area contributed by atoms with Crippen LogP contribution in [0.4, 0.5) is 10.8 Å². The molecule has 0 saturated carbocycles. The molecule has 54 heavy (non-hydrogen) atoms. The molecular weight excluding hydrogens is 713 g/mol. The molecular formula is C44H40N4O4S2. The molecule has 0 spiro atoms. The van der Waals surface area contributed by atoms with Gasteiger partial charge in [-0.25, -0.2) is 4.98 Å². The molecule has 0 radical (unpaired) electrons. The summed E-state index contributed by atoms with van der Waals surface area (Å²) in [6, 6.07) is 41.2. The lowest BCUT2D eigenvalue weighted by atomic mass is 10.0. The number of benzene rings is 5. The number of aromatic nitrogens is 1. The van der Waals surface area contributed by atoms with Gasteiger partial charge in [0.25, 0.3) is 11.8 Å². The Balaban J connectivity index is 1.16. The van der Waals surface area contributed by atoms with Crippen LogP contribution >= 0.6 is 23.1 Å². The van der Waals surface area contributed by atoms with Crippen molar-refractivity contribution in [3.8, 4) is 17.0 Å². The van der Waals surface area contributed by atoms with Crippen LogP contribution in [-0.2, 0) is 9.59 Å². The van der Waals surface area contributed by atoms with E-state index in [1.165, 1.54) is 28.7 Å². The highest BCUT2D eigenvalue weighted by Gasteiger charge is 2.24. The molecule has 5 aromatic carbocycles. The molecule has 1 unspecified atom stereocenters. The largest absolute Gasteiger partial charge is 0.494 e. The van der Waals surface area contributed by atoms with Crippen LogP contribution in [0.25, 0.3) is 17.3 Å². The summed E-state index contributed by atoms with van der Waals surface area (Å²) in [5.74, 6) is 0.0887. The number of hydrogen-bond acceptors (Lipinski definition) is 7. The molecule has 0 aliphatic carbocycles. The van der Waals surface area contributed by atoms with Crippen LogP contribution in [0.1, 0.15) is 59.0 Å². The van der Waals surface area contributed by atoms with Crippen molar-refractivity contribution in [1.29, 1.82) is 0 Å². The van der Waals surface area contributed by atoms with E-state index in [9.17, 15) is 14.4 Å². The number of anilines is 2. The molecule has 0 saturated heterocycles. The van der Waals surface area contributed by atoms with E-state index in [1.54, 1.807) is 42.5 Å². The normalized spacial score (nSPS) is 11.8. The number of nitrogens with zero attached hydrogens (tertiary/aromatic N) is 1. The first-order valence-electron chi connectivity index (χ1n) is 17.6. The molecule has 10 heteroatoms. The van der Waals surface area contributed by atoms with Crippen molar-refractivity contribution in [2.24, 2.45) is 0 Å². The summed E-state index contributed by atoms with van der Waals surface area (Å²) in [7, 11) is 0. The number of carbonyl (C=O) groups is 3. The van der Waals surface area contributed by atoms with E-state index in [0.717, 1.165) is 33.0 Å². The van der Waals surface area contributed by atoms with Crippen molar-refractivity contribution in [2.45, 2.75) is 36.8 Å². The fourth-order valence-electron chi connectivity index (χ4n) is 5.46. The molecule has 8 nitrogen and oxygen atoms in total. The molecule has 0 bridgehead atoms. The Bertz CT molecular complexity index is 2200. The molecule has 272 valence electrons. The SMILES string of the molecule is CCOc1ccc(-c2csc(NC(=O)C(Sc3ccc(NC(=O)/C(=C/c4ccc(C(C)C)cc4)NC(=O)c4ccccc4)cc3)c3ccccc3)n2)cc1. The van der Waals surface area contributed by atoms with Gasteiger partial charge < -0.3 is 20.7 Å². The number of thiazole rings is 1. The van der Waals surface area contributed by atoms with E-state index in [2.05, 4.69) is 34.8 Å². The number of nitrogens with one attached hydrogen (secondary N) is 3. The molecule has 3 amide bonds.